The van der Waals surface area contributed by atoms with E-state index in [1.54, 1.807) is 7.11 Å². The van der Waals surface area contributed by atoms with Crippen LogP contribution in [-0.4, -0.2) is 25.7 Å². The second kappa shape index (κ2) is 13.3. The van der Waals surface area contributed by atoms with E-state index >= 15 is 0 Å². The van der Waals surface area contributed by atoms with Crippen LogP contribution in [-0.2, 0) is 32.0 Å². The van der Waals surface area contributed by atoms with Gasteiger partial charge in [-0.2, -0.15) is 13.2 Å². The van der Waals surface area contributed by atoms with E-state index in [-0.39, 0.29) is 38.9 Å². The van der Waals surface area contributed by atoms with Crippen LogP contribution >= 0.6 is 0 Å². The maximum absolute atomic E-state index is 12.2. The molecule has 25 heavy (non-hydrogen) atoms. The van der Waals surface area contributed by atoms with Crippen molar-refractivity contribution in [1.29, 1.82) is 0 Å². The summed E-state index contributed by atoms with van der Waals surface area (Å²) < 4.78 is 41.5. The van der Waals surface area contributed by atoms with E-state index in [0.29, 0.717) is 6.07 Å². The van der Waals surface area contributed by atoms with E-state index in [9.17, 15) is 18.0 Å². The Morgan fingerprint density at radius 1 is 1.12 bits per heavy atom. The Kier molecular flexibility index (Phi) is 13.4. The third-order valence-corrected chi connectivity index (χ3v) is 2.46. The Morgan fingerprint density at radius 2 is 1.68 bits per heavy atom. The van der Waals surface area contributed by atoms with Crippen molar-refractivity contribution in [3.8, 4) is 5.75 Å². The molecule has 0 saturated heterocycles. The predicted octanol–water partition coefficient (Wildman–Crippen LogP) is 4.26. The van der Waals surface area contributed by atoms with Crippen LogP contribution in [0.2, 0.25) is 0 Å². The van der Waals surface area contributed by atoms with Crippen molar-refractivity contribution in [2.24, 2.45) is 0 Å². The van der Waals surface area contributed by atoms with E-state index in [4.69, 9.17) is 15.6 Å². The Hall–Kier alpha value is -2.05. The van der Waals surface area contributed by atoms with Gasteiger partial charge in [-0.25, -0.2) is 0 Å². The number of ether oxygens (including phenoxy) is 1. The summed E-state index contributed by atoms with van der Waals surface area (Å²) in [7, 11) is 2.66. The first-order valence-electron chi connectivity index (χ1n) is 6.54. The summed E-state index contributed by atoms with van der Waals surface area (Å²) in [6.07, 6.45) is -4.24. The van der Waals surface area contributed by atoms with E-state index in [0.717, 1.165) is 25.0 Å². The SMILES string of the molecule is CO.COc1ccccc1.[NH-]c1cc(NC=O)cc(C(F)(F)F)c1.[W]. The van der Waals surface area contributed by atoms with Crippen LogP contribution in [0.25, 0.3) is 5.73 Å². The number of aliphatic hydroxyl groups is 1. The summed E-state index contributed by atoms with van der Waals surface area (Å²) in [5.41, 5.74) is 5.79. The number of para-hydroxylation sites is 1. The average molecular weight is 527 g/mol. The van der Waals surface area contributed by atoms with E-state index in [2.05, 4.69) is 5.32 Å². The number of rotatable bonds is 3. The van der Waals surface area contributed by atoms with Crippen LogP contribution in [0.5, 0.6) is 5.75 Å². The molecular weight excluding hydrogens is 509 g/mol. The molecule has 2 aromatic rings. The van der Waals surface area contributed by atoms with Gasteiger partial charge in [-0.15, -0.1) is 5.69 Å². The number of amides is 1. The number of hydrogen-bond donors (Lipinski definition) is 2. The maximum Gasteiger partial charge on any atom is 0.416 e. The van der Waals surface area contributed by atoms with Gasteiger partial charge in [-0.1, -0.05) is 30.3 Å². The minimum absolute atomic E-state index is 0. The fourth-order valence-corrected chi connectivity index (χ4v) is 1.50. The topological polar surface area (TPSA) is 82.4 Å². The van der Waals surface area contributed by atoms with Gasteiger partial charge in [-0.3, -0.25) is 4.79 Å². The van der Waals surface area contributed by atoms with E-state index in [1.165, 1.54) is 0 Å². The first-order chi connectivity index (χ1) is 11.4. The number of benzene rings is 2. The second-order valence-electron chi connectivity index (χ2n) is 4.08. The van der Waals surface area contributed by atoms with Gasteiger partial charge in [0.2, 0.25) is 6.41 Å². The molecule has 0 saturated carbocycles. The molecular formula is C16H18F3N2O3W-. The Balaban J connectivity index is 0. The molecule has 0 unspecified atom stereocenters. The largest absolute Gasteiger partial charge is 0.699 e. The van der Waals surface area contributed by atoms with Crippen molar-refractivity contribution in [1.82, 2.24) is 0 Å². The number of nitrogens with one attached hydrogen (secondary N) is 2. The first kappa shape index (κ1) is 25.2. The molecule has 0 aromatic heterocycles. The molecule has 0 spiro atoms. The molecule has 0 bridgehead atoms. The number of methoxy groups -OCH3 is 1. The smallest absolute Gasteiger partial charge is 0.416 e. The van der Waals surface area contributed by atoms with Crippen LogP contribution in [0.1, 0.15) is 5.56 Å². The zero-order valence-electron chi connectivity index (χ0n) is 13.5. The molecule has 0 aliphatic rings. The van der Waals surface area contributed by atoms with E-state index < -0.39 is 11.7 Å². The summed E-state index contributed by atoms with van der Waals surface area (Å²) in [5.74, 6) is 0.910. The van der Waals surface area contributed by atoms with Crippen LogP contribution in [0.4, 0.5) is 24.5 Å². The number of aliphatic hydroxyl groups excluding tert-OH is 1. The van der Waals surface area contributed by atoms with Gasteiger partial charge in [0.25, 0.3) is 0 Å². The van der Waals surface area contributed by atoms with Crippen molar-refractivity contribution in [3.63, 3.8) is 0 Å². The molecule has 5 nitrogen and oxygen atoms in total. The number of anilines is 1. The maximum atomic E-state index is 12.2. The van der Waals surface area contributed by atoms with Crippen LogP contribution in [0, 0.1) is 0 Å². The molecule has 9 heteroatoms. The normalized spacial score (nSPS) is 9.20. The van der Waals surface area contributed by atoms with Gasteiger partial charge in [-0.05, 0) is 18.2 Å². The second-order valence-corrected chi connectivity index (χ2v) is 4.08. The van der Waals surface area contributed by atoms with Gasteiger partial charge in [0.1, 0.15) is 5.75 Å². The molecule has 0 fully saturated rings. The molecule has 2 rings (SSSR count). The number of carbonyl (C=O) groups excluding carboxylic acids is 1. The van der Waals surface area contributed by atoms with Gasteiger partial charge in [0.05, 0.1) is 12.7 Å². The average Bonchev–Trinajstić information content (AvgIpc) is 2.57. The Labute approximate surface area is 158 Å². The number of alkyl halides is 3. The number of carbonyl (C=O) groups is 1. The quantitative estimate of drug-likeness (QED) is 0.586. The van der Waals surface area contributed by atoms with Gasteiger partial charge in [0, 0.05) is 33.9 Å². The molecule has 0 atom stereocenters. The minimum atomic E-state index is -4.50. The van der Waals surface area contributed by atoms with Crippen molar-refractivity contribution in [3.05, 3.63) is 59.8 Å². The van der Waals surface area contributed by atoms with Crippen molar-refractivity contribution < 1.29 is 48.9 Å². The molecule has 138 valence electrons. The first-order valence-corrected chi connectivity index (χ1v) is 6.54. The third kappa shape index (κ3) is 10.4. The summed E-state index contributed by atoms with van der Waals surface area (Å²) in [6, 6.07) is 12.3. The van der Waals surface area contributed by atoms with E-state index in [1.807, 2.05) is 30.3 Å². The summed E-state index contributed by atoms with van der Waals surface area (Å²) >= 11 is 0. The van der Waals surface area contributed by atoms with Crippen LogP contribution < -0.4 is 10.1 Å². The molecule has 0 aliphatic carbocycles. The summed E-state index contributed by atoms with van der Waals surface area (Å²) in [4.78, 5) is 9.99. The molecule has 0 radical (unpaired) electrons. The standard InChI is InChI=1S/C8H6F3N2O.C7H8O.CH4O.W/c9-8(10,11)5-1-6(12)3-7(2-5)13-4-14;1-8-7-5-3-2-4-6-7;1-2;/h1-4,12H,(H,13,14);2-6H,1H3;2H,1H3;/q-1;;;. The zero-order chi connectivity index (χ0) is 18.6. The summed E-state index contributed by atoms with van der Waals surface area (Å²) in [6.45, 7) is 0. The van der Waals surface area contributed by atoms with Gasteiger partial charge in [0.15, 0.2) is 0 Å². The molecule has 2 aromatic carbocycles. The van der Waals surface area contributed by atoms with Crippen molar-refractivity contribution in [2.75, 3.05) is 19.5 Å². The predicted molar refractivity (Wildman–Crippen MR) is 86.2 cm³/mol. The Bertz CT molecular complexity index is 611. The Morgan fingerprint density at radius 3 is 2.08 bits per heavy atom. The fourth-order valence-electron chi connectivity index (χ4n) is 1.50. The van der Waals surface area contributed by atoms with Gasteiger partial charge >= 0.3 is 6.18 Å². The monoisotopic (exact) mass is 527 g/mol. The summed E-state index contributed by atoms with van der Waals surface area (Å²) in [5, 5.41) is 9.06. The number of hydrogen-bond acceptors (Lipinski definition) is 3. The fraction of sp³-hybridized carbons (Fsp3) is 0.188. The zero-order valence-corrected chi connectivity index (χ0v) is 16.4. The van der Waals surface area contributed by atoms with Crippen LogP contribution in [0.15, 0.2) is 48.5 Å². The minimum Gasteiger partial charge on any atom is -0.699 e. The molecule has 0 heterocycles. The van der Waals surface area contributed by atoms with Crippen molar-refractivity contribution in [2.45, 2.75) is 6.18 Å². The third-order valence-electron chi connectivity index (χ3n) is 2.46. The molecule has 1 amide bonds. The van der Waals surface area contributed by atoms with Crippen molar-refractivity contribution >= 4 is 17.8 Å². The van der Waals surface area contributed by atoms with Gasteiger partial charge < -0.3 is 20.9 Å². The molecule has 0 aliphatic heterocycles. The molecule has 3 N–H and O–H groups in total. The van der Waals surface area contributed by atoms with Crippen LogP contribution in [0.3, 0.4) is 0 Å². The number of halogens is 3.